The van der Waals surface area contributed by atoms with Crippen LogP contribution in [0.5, 0.6) is 0 Å². The molecule has 0 unspecified atom stereocenters. The zero-order chi connectivity index (χ0) is 26.6. The zero-order valence-corrected chi connectivity index (χ0v) is 22.9. The third-order valence-electron chi connectivity index (χ3n) is 6.36. The molecule has 38 heavy (non-hydrogen) atoms. The fourth-order valence-electron chi connectivity index (χ4n) is 4.73. The van der Waals surface area contributed by atoms with Crippen LogP contribution >= 0.6 is 15.9 Å². The highest BCUT2D eigenvalue weighted by Crippen LogP contribution is 2.39. The number of hydrogen-bond donors (Lipinski definition) is 0. The van der Waals surface area contributed by atoms with E-state index in [0.29, 0.717) is 43.1 Å². The topological polar surface area (TPSA) is 82.4 Å². The lowest BCUT2D eigenvalue weighted by molar-refractivity contribution is 0.0482. The van der Waals surface area contributed by atoms with Gasteiger partial charge in [-0.2, -0.15) is 0 Å². The second kappa shape index (κ2) is 11.4. The molecule has 3 heterocycles. The third kappa shape index (κ3) is 4.91. The van der Waals surface area contributed by atoms with Crippen LogP contribution in [0.1, 0.15) is 34.6 Å². The number of morpholine rings is 1. The first-order valence-electron chi connectivity index (χ1n) is 12.6. The summed E-state index contributed by atoms with van der Waals surface area (Å²) in [4.78, 5) is 29.3. The van der Waals surface area contributed by atoms with E-state index >= 15 is 0 Å². The molecule has 1 aliphatic heterocycles. The van der Waals surface area contributed by atoms with Crippen molar-refractivity contribution in [1.82, 2.24) is 9.61 Å². The van der Waals surface area contributed by atoms with E-state index in [2.05, 4.69) is 20.8 Å². The van der Waals surface area contributed by atoms with Gasteiger partial charge >= 0.3 is 11.9 Å². The SMILES string of the molecule is CCOC(=O)c1c(C(=O)OCC)c2c(-c3ccccc3)cc(N3CCOCC3)nn2c1-c1cccc(Br)c1. The summed E-state index contributed by atoms with van der Waals surface area (Å²) in [5, 5.41) is 5.01. The molecule has 4 aromatic rings. The number of aromatic nitrogens is 2. The van der Waals surface area contributed by atoms with Crippen molar-refractivity contribution in [2.45, 2.75) is 13.8 Å². The number of anilines is 1. The molecule has 2 aromatic carbocycles. The first kappa shape index (κ1) is 25.9. The molecule has 0 bridgehead atoms. The summed E-state index contributed by atoms with van der Waals surface area (Å²) in [6.45, 7) is 6.32. The maximum Gasteiger partial charge on any atom is 0.341 e. The molecule has 9 heteroatoms. The lowest BCUT2D eigenvalue weighted by Crippen LogP contribution is -2.37. The Kier molecular flexibility index (Phi) is 7.76. The Morgan fingerprint density at radius 1 is 0.895 bits per heavy atom. The molecule has 0 saturated carbocycles. The molecule has 1 fully saturated rings. The minimum absolute atomic E-state index is 0.132. The van der Waals surface area contributed by atoms with Crippen LogP contribution in [0.25, 0.3) is 27.9 Å². The van der Waals surface area contributed by atoms with Crippen molar-refractivity contribution in [3.8, 4) is 22.4 Å². The number of halogens is 1. The largest absolute Gasteiger partial charge is 0.462 e. The Labute approximate surface area is 229 Å². The second-order valence-electron chi connectivity index (χ2n) is 8.69. The van der Waals surface area contributed by atoms with Crippen molar-refractivity contribution < 1.29 is 23.8 Å². The molecule has 0 aliphatic carbocycles. The fourth-order valence-corrected chi connectivity index (χ4v) is 5.13. The average molecular weight is 578 g/mol. The number of benzene rings is 2. The van der Waals surface area contributed by atoms with Crippen LogP contribution in [0.3, 0.4) is 0 Å². The van der Waals surface area contributed by atoms with Crippen LogP contribution in [0, 0.1) is 0 Å². The summed E-state index contributed by atoms with van der Waals surface area (Å²) in [7, 11) is 0. The van der Waals surface area contributed by atoms with Gasteiger partial charge in [0.25, 0.3) is 0 Å². The van der Waals surface area contributed by atoms with Crippen LogP contribution in [-0.4, -0.2) is 61.1 Å². The Bertz CT molecular complexity index is 1480. The molecule has 0 radical (unpaired) electrons. The van der Waals surface area contributed by atoms with Gasteiger partial charge in [0.1, 0.15) is 16.9 Å². The summed E-state index contributed by atoms with van der Waals surface area (Å²) in [6.07, 6.45) is 0. The van der Waals surface area contributed by atoms with Crippen molar-refractivity contribution in [1.29, 1.82) is 0 Å². The fraction of sp³-hybridized carbons (Fsp3) is 0.276. The predicted octanol–water partition coefficient (Wildman–Crippen LogP) is 5.62. The Morgan fingerprint density at radius 3 is 2.21 bits per heavy atom. The molecular weight excluding hydrogens is 550 g/mol. The lowest BCUT2D eigenvalue weighted by Gasteiger charge is -2.28. The van der Waals surface area contributed by atoms with Crippen molar-refractivity contribution in [2.75, 3.05) is 44.4 Å². The van der Waals surface area contributed by atoms with Gasteiger partial charge in [-0.05, 0) is 37.6 Å². The molecule has 196 valence electrons. The van der Waals surface area contributed by atoms with Crippen LogP contribution in [0.15, 0.2) is 65.1 Å². The highest BCUT2D eigenvalue weighted by Gasteiger charge is 2.34. The van der Waals surface area contributed by atoms with Gasteiger partial charge in [-0.15, -0.1) is 5.10 Å². The number of ether oxygens (including phenoxy) is 3. The summed E-state index contributed by atoms with van der Waals surface area (Å²) in [6, 6.07) is 19.3. The number of esters is 2. The summed E-state index contributed by atoms with van der Waals surface area (Å²) < 4.78 is 19.1. The molecule has 0 amide bonds. The van der Waals surface area contributed by atoms with Crippen LogP contribution in [0.2, 0.25) is 0 Å². The van der Waals surface area contributed by atoms with Crippen LogP contribution in [-0.2, 0) is 14.2 Å². The van der Waals surface area contributed by atoms with Gasteiger partial charge in [0.2, 0.25) is 0 Å². The van der Waals surface area contributed by atoms with Gasteiger partial charge in [0, 0.05) is 28.7 Å². The molecule has 8 nitrogen and oxygen atoms in total. The van der Waals surface area contributed by atoms with Crippen molar-refractivity contribution in [3.63, 3.8) is 0 Å². The van der Waals surface area contributed by atoms with E-state index in [0.717, 1.165) is 21.4 Å². The van der Waals surface area contributed by atoms with E-state index in [1.54, 1.807) is 18.4 Å². The first-order chi connectivity index (χ1) is 18.5. The van der Waals surface area contributed by atoms with Crippen molar-refractivity contribution in [3.05, 3.63) is 76.3 Å². The number of hydrogen-bond acceptors (Lipinski definition) is 7. The molecule has 0 atom stereocenters. The quantitative estimate of drug-likeness (QED) is 0.263. The van der Waals surface area contributed by atoms with E-state index in [9.17, 15) is 9.59 Å². The number of carbonyl (C=O) groups excluding carboxylic acids is 2. The standard InChI is InChI=1S/C29H28BrN3O5/c1-3-37-28(34)24-25(29(35)38-4-2)27-22(19-9-6-5-7-10-19)18-23(32-13-15-36-16-14-32)31-33(27)26(24)20-11-8-12-21(30)17-20/h5-12,17-18H,3-4,13-16H2,1-2H3. The van der Waals surface area contributed by atoms with Gasteiger partial charge in [-0.3, -0.25) is 0 Å². The average Bonchev–Trinajstić information content (AvgIpc) is 3.29. The first-order valence-corrected chi connectivity index (χ1v) is 13.4. The van der Waals surface area contributed by atoms with Gasteiger partial charge in [0.05, 0.1) is 37.6 Å². The van der Waals surface area contributed by atoms with Gasteiger partial charge in [-0.25, -0.2) is 14.1 Å². The lowest BCUT2D eigenvalue weighted by atomic mass is 10.0. The number of carbonyl (C=O) groups is 2. The highest BCUT2D eigenvalue weighted by atomic mass is 79.9. The van der Waals surface area contributed by atoms with E-state index in [-0.39, 0.29) is 24.3 Å². The Morgan fingerprint density at radius 2 is 1.55 bits per heavy atom. The maximum atomic E-state index is 13.6. The minimum atomic E-state index is -0.608. The molecule has 1 aliphatic rings. The monoisotopic (exact) mass is 577 g/mol. The van der Waals surface area contributed by atoms with Gasteiger partial charge < -0.3 is 19.1 Å². The summed E-state index contributed by atoms with van der Waals surface area (Å²) >= 11 is 3.55. The smallest absolute Gasteiger partial charge is 0.341 e. The maximum absolute atomic E-state index is 13.6. The zero-order valence-electron chi connectivity index (χ0n) is 21.3. The van der Waals surface area contributed by atoms with E-state index < -0.39 is 11.9 Å². The molecule has 2 aromatic heterocycles. The Balaban J connectivity index is 1.94. The van der Waals surface area contributed by atoms with Gasteiger partial charge in [0.15, 0.2) is 0 Å². The van der Waals surface area contributed by atoms with Crippen LogP contribution in [0.4, 0.5) is 5.82 Å². The predicted molar refractivity (Wildman–Crippen MR) is 149 cm³/mol. The minimum Gasteiger partial charge on any atom is -0.462 e. The number of nitrogens with zero attached hydrogens (tertiary/aromatic N) is 3. The summed E-state index contributed by atoms with van der Waals surface area (Å²) in [5.74, 6) is -0.493. The van der Waals surface area contributed by atoms with E-state index in [1.807, 2.05) is 60.7 Å². The third-order valence-corrected chi connectivity index (χ3v) is 6.85. The molecular formula is C29H28BrN3O5. The summed E-state index contributed by atoms with van der Waals surface area (Å²) in [5.41, 5.74) is 3.58. The van der Waals surface area contributed by atoms with E-state index in [1.165, 1.54) is 0 Å². The normalized spacial score (nSPS) is 13.5. The second-order valence-corrected chi connectivity index (χ2v) is 9.61. The van der Waals surface area contributed by atoms with Crippen molar-refractivity contribution >= 4 is 39.2 Å². The molecule has 0 spiro atoms. The number of rotatable bonds is 7. The van der Waals surface area contributed by atoms with E-state index in [4.69, 9.17) is 19.3 Å². The Hall–Kier alpha value is -3.69. The molecule has 0 N–H and O–H groups in total. The number of fused-ring (bicyclic) bond motifs is 1. The highest BCUT2D eigenvalue weighted by molar-refractivity contribution is 9.10. The van der Waals surface area contributed by atoms with Crippen LogP contribution < -0.4 is 4.90 Å². The molecule has 1 saturated heterocycles. The molecule has 5 rings (SSSR count). The van der Waals surface area contributed by atoms with Gasteiger partial charge in [-0.1, -0.05) is 58.4 Å². The van der Waals surface area contributed by atoms with Crippen molar-refractivity contribution in [2.24, 2.45) is 0 Å².